The number of nitriles is 1. The van der Waals surface area contributed by atoms with Crippen molar-refractivity contribution >= 4 is 12.0 Å². The van der Waals surface area contributed by atoms with Crippen LogP contribution in [0.3, 0.4) is 0 Å². The van der Waals surface area contributed by atoms with Crippen molar-refractivity contribution in [3.05, 3.63) is 108 Å². The lowest BCUT2D eigenvalue weighted by molar-refractivity contribution is -0.116. The van der Waals surface area contributed by atoms with Crippen molar-refractivity contribution in [1.29, 1.82) is 5.26 Å². The minimum absolute atomic E-state index is 0.00875. The number of carbonyl (C=O) groups is 1. The van der Waals surface area contributed by atoms with Gasteiger partial charge in [0.15, 0.2) is 0 Å². The van der Waals surface area contributed by atoms with Crippen LogP contribution in [0.1, 0.15) is 18.1 Å². The molecule has 4 rings (SSSR count). The fourth-order valence-corrected chi connectivity index (χ4v) is 3.48. The fourth-order valence-electron chi connectivity index (χ4n) is 3.48. The monoisotopic (exact) mass is 466 g/mol. The predicted molar refractivity (Wildman–Crippen MR) is 132 cm³/mol. The third kappa shape index (κ3) is 5.63. The highest BCUT2D eigenvalue weighted by atomic mass is 19.1. The lowest BCUT2D eigenvalue weighted by Crippen LogP contribution is -2.23. The van der Waals surface area contributed by atoms with Gasteiger partial charge in [-0.3, -0.25) is 4.79 Å². The molecule has 0 saturated carbocycles. The summed E-state index contributed by atoms with van der Waals surface area (Å²) in [4.78, 5) is 12.3. The molecule has 0 aliphatic rings. The van der Waals surface area contributed by atoms with Crippen molar-refractivity contribution in [3.63, 3.8) is 0 Å². The van der Waals surface area contributed by atoms with Crippen LogP contribution in [0.2, 0.25) is 0 Å². The maximum atomic E-state index is 13.9. The van der Waals surface area contributed by atoms with E-state index in [0.717, 1.165) is 11.3 Å². The molecular formula is C28H23FN4O2. The molecule has 0 spiro atoms. The number of nitrogens with one attached hydrogen (secondary N) is 1. The molecule has 0 aliphatic heterocycles. The number of halogens is 1. The number of hydrogen-bond donors (Lipinski definition) is 1. The molecule has 0 atom stereocenters. The molecule has 1 heterocycles. The van der Waals surface area contributed by atoms with Crippen molar-refractivity contribution in [1.82, 2.24) is 15.1 Å². The molecule has 4 aromatic rings. The number of benzene rings is 3. The molecule has 0 fully saturated rings. The van der Waals surface area contributed by atoms with Crippen LogP contribution in [0.25, 0.3) is 23.0 Å². The SMILES string of the molecule is CCNC(=O)C(C#N)=Cc1cn(-c2ccccc2)nc1-c1ccc(OCc2ccccc2F)cc1. The van der Waals surface area contributed by atoms with E-state index in [9.17, 15) is 14.4 Å². The highest BCUT2D eigenvalue weighted by Gasteiger charge is 2.15. The Balaban J connectivity index is 1.66. The lowest BCUT2D eigenvalue weighted by Gasteiger charge is -2.08. The van der Waals surface area contributed by atoms with Crippen LogP contribution in [-0.4, -0.2) is 22.2 Å². The van der Waals surface area contributed by atoms with E-state index in [1.165, 1.54) is 12.1 Å². The standard InChI is InChI=1S/C28H23FN4O2/c1-2-31-28(34)22(17-30)16-23-18-33(24-9-4-3-5-10-24)32-27(23)20-12-14-25(15-13-20)35-19-21-8-6-7-11-26(21)29/h3-16,18H,2,19H2,1H3,(H,31,34). The summed E-state index contributed by atoms with van der Waals surface area (Å²) in [5.74, 6) is -0.172. The first kappa shape index (κ1) is 23.5. The van der Waals surface area contributed by atoms with Crippen LogP contribution in [-0.2, 0) is 11.4 Å². The van der Waals surface area contributed by atoms with Gasteiger partial charge >= 0.3 is 0 Å². The van der Waals surface area contributed by atoms with E-state index in [4.69, 9.17) is 9.84 Å². The third-order valence-corrected chi connectivity index (χ3v) is 5.25. The van der Waals surface area contributed by atoms with Crippen LogP contribution in [0, 0.1) is 17.1 Å². The van der Waals surface area contributed by atoms with Crippen molar-refractivity contribution < 1.29 is 13.9 Å². The summed E-state index contributed by atoms with van der Waals surface area (Å²) in [6, 6.07) is 25.2. The van der Waals surface area contributed by atoms with Crippen LogP contribution < -0.4 is 10.1 Å². The smallest absolute Gasteiger partial charge is 0.261 e. The Bertz CT molecular complexity index is 1390. The first-order valence-corrected chi connectivity index (χ1v) is 11.1. The van der Waals surface area contributed by atoms with Crippen LogP contribution >= 0.6 is 0 Å². The number of ether oxygens (including phenoxy) is 1. The maximum Gasteiger partial charge on any atom is 0.261 e. The number of nitrogens with zero attached hydrogens (tertiary/aromatic N) is 3. The molecule has 1 N–H and O–H groups in total. The van der Waals surface area contributed by atoms with Gasteiger partial charge in [0.2, 0.25) is 0 Å². The number of rotatable bonds is 8. The summed E-state index contributed by atoms with van der Waals surface area (Å²) in [6.45, 7) is 2.32. The van der Waals surface area contributed by atoms with Gasteiger partial charge < -0.3 is 10.1 Å². The summed E-state index contributed by atoms with van der Waals surface area (Å²) < 4.78 is 21.3. The Labute approximate surface area is 202 Å². The van der Waals surface area contributed by atoms with Gasteiger partial charge in [0.05, 0.1) is 11.4 Å². The molecule has 0 radical (unpaired) electrons. The average molecular weight is 467 g/mol. The zero-order valence-corrected chi connectivity index (χ0v) is 19.1. The van der Waals surface area contributed by atoms with Gasteiger partial charge in [0.1, 0.15) is 29.8 Å². The van der Waals surface area contributed by atoms with E-state index < -0.39 is 5.91 Å². The Morgan fingerprint density at radius 2 is 1.80 bits per heavy atom. The van der Waals surface area contributed by atoms with Gasteiger partial charge in [-0.05, 0) is 55.5 Å². The second-order valence-corrected chi connectivity index (χ2v) is 7.65. The van der Waals surface area contributed by atoms with Crippen LogP contribution in [0.15, 0.2) is 90.6 Å². The van der Waals surface area contributed by atoms with Gasteiger partial charge in [-0.1, -0.05) is 36.4 Å². The van der Waals surface area contributed by atoms with Gasteiger partial charge in [0.25, 0.3) is 5.91 Å². The first-order chi connectivity index (χ1) is 17.1. The molecule has 35 heavy (non-hydrogen) atoms. The van der Waals surface area contributed by atoms with Gasteiger partial charge in [-0.2, -0.15) is 10.4 Å². The fraction of sp³-hybridized carbons (Fsp3) is 0.107. The second kappa shape index (κ2) is 10.9. The third-order valence-electron chi connectivity index (χ3n) is 5.25. The number of amides is 1. The molecule has 0 saturated heterocycles. The maximum absolute atomic E-state index is 13.9. The Morgan fingerprint density at radius 3 is 2.49 bits per heavy atom. The molecular weight excluding hydrogens is 443 g/mol. The summed E-state index contributed by atoms with van der Waals surface area (Å²) in [5.41, 5.74) is 3.31. The Kier molecular flexibility index (Phi) is 7.34. The van der Waals surface area contributed by atoms with Gasteiger partial charge in [0, 0.05) is 29.4 Å². The minimum atomic E-state index is -0.440. The summed E-state index contributed by atoms with van der Waals surface area (Å²) in [7, 11) is 0. The zero-order valence-electron chi connectivity index (χ0n) is 19.1. The molecule has 3 aromatic carbocycles. The van der Waals surface area contributed by atoms with E-state index >= 15 is 0 Å². The minimum Gasteiger partial charge on any atom is -0.489 e. The Hall–Kier alpha value is -4.70. The second-order valence-electron chi connectivity index (χ2n) is 7.65. The molecule has 1 aromatic heterocycles. The van der Waals surface area contributed by atoms with E-state index in [-0.39, 0.29) is 18.0 Å². The lowest BCUT2D eigenvalue weighted by atomic mass is 10.1. The first-order valence-electron chi connectivity index (χ1n) is 11.1. The topological polar surface area (TPSA) is 79.9 Å². The predicted octanol–water partition coefficient (Wildman–Crippen LogP) is 5.30. The van der Waals surface area contributed by atoms with E-state index in [1.807, 2.05) is 48.5 Å². The largest absolute Gasteiger partial charge is 0.489 e. The van der Waals surface area contributed by atoms with Crippen molar-refractivity contribution in [2.24, 2.45) is 0 Å². The molecule has 0 aliphatic carbocycles. The van der Waals surface area contributed by atoms with Gasteiger partial charge in [-0.25, -0.2) is 9.07 Å². The van der Waals surface area contributed by atoms with Crippen molar-refractivity contribution in [2.75, 3.05) is 6.54 Å². The molecule has 1 amide bonds. The molecule has 0 unspecified atom stereocenters. The normalized spacial score (nSPS) is 11.1. The van der Waals surface area contributed by atoms with Gasteiger partial charge in [-0.15, -0.1) is 0 Å². The van der Waals surface area contributed by atoms with Crippen LogP contribution in [0.5, 0.6) is 5.75 Å². The highest BCUT2D eigenvalue weighted by Crippen LogP contribution is 2.28. The zero-order chi connectivity index (χ0) is 24.6. The van der Waals surface area contributed by atoms with E-state index in [1.54, 1.807) is 48.1 Å². The molecule has 174 valence electrons. The molecule has 0 bridgehead atoms. The highest BCUT2D eigenvalue weighted by molar-refractivity contribution is 6.02. The number of aromatic nitrogens is 2. The molecule has 6 nitrogen and oxygen atoms in total. The van der Waals surface area contributed by atoms with Crippen molar-refractivity contribution in [2.45, 2.75) is 13.5 Å². The Morgan fingerprint density at radius 1 is 1.09 bits per heavy atom. The number of likely N-dealkylation sites (N-methyl/N-ethyl adjacent to an activating group) is 1. The number of para-hydroxylation sites is 1. The quantitative estimate of drug-likeness (QED) is 0.282. The molecule has 7 heteroatoms. The number of hydrogen-bond acceptors (Lipinski definition) is 4. The summed E-state index contributed by atoms with van der Waals surface area (Å²) >= 11 is 0. The van der Waals surface area contributed by atoms with E-state index in [2.05, 4.69) is 5.32 Å². The number of carbonyl (C=O) groups excluding carboxylic acids is 1. The van der Waals surface area contributed by atoms with E-state index in [0.29, 0.717) is 29.1 Å². The summed E-state index contributed by atoms with van der Waals surface area (Å²) in [6.07, 6.45) is 3.32. The van der Waals surface area contributed by atoms with Crippen molar-refractivity contribution in [3.8, 4) is 28.8 Å². The average Bonchev–Trinajstić information content (AvgIpc) is 3.31. The van der Waals surface area contributed by atoms with Crippen LogP contribution in [0.4, 0.5) is 4.39 Å². The summed E-state index contributed by atoms with van der Waals surface area (Å²) in [5, 5.41) is 16.9.